The number of esters is 1. The van der Waals surface area contributed by atoms with Gasteiger partial charge in [-0.15, -0.1) is 0 Å². The van der Waals surface area contributed by atoms with E-state index in [1.807, 2.05) is 0 Å². The summed E-state index contributed by atoms with van der Waals surface area (Å²) in [6.07, 6.45) is -2.80. The second kappa shape index (κ2) is 6.09. The van der Waals surface area contributed by atoms with Crippen LogP contribution < -0.4 is 4.74 Å². The van der Waals surface area contributed by atoms with Crippen molar-refractivity contribution >= 4 is 11.8 Å². The van der Waals surface area contributed by atoms with Gasteiger partial charge in [0, 0.05) is 0 Å². The van der Waals surface area contributed by atoms with Crippen LogP contribution in [0.15, 0.2) is 18.2 Å². The Balaban J connectivity index is 3.20. The quantitative estimate of drug-likeness (QED) is 0.462. The highest BCUT2D eigenvalue weighted by Gasteiger charge is 2.25. The molecule has 0 aliphatic rings. The van der Waals surface area contributed by atoms with Gasteiger partial charge in [-0.3, -0.25) is 4.79 Å². The summed E-state index contributed by atoms with van der Waals surface area (Å²) in [5.41, 5.74) is -0.665. The largest absolute Gasteiger partial charge is 0.495 e. The van der Waals surface area contributed by atoms with Gasteiger partial charge in [0.25, 0.3) is 12.2 Å². The summed E-state index contributed by atoms with van der Waals surface area (Å²) in [5.74, 6) is -2.40. The van der Waals surface area contributed by atoms with Gasteiger partial charge in [0.1, 0.15) is 5.75 Å². The van der Waals surface area contributed by atoms with E-state index in [4.69, 9.17) is 4.74 Å². The number of halogens is 2. The first-order valence-corrected chi connectivity index (χ1v) is 5.19. The minimum absolute atomic E-state index is 0.0292. The fraction of sp³-hybridized carbons (Fsp3) is 0.333. The van der Waals surface area contributed by atoms with E-state index in [1.54, 1.807) is 0 Å². The molecule has 1 aromatic carbocycles. The van der Waals surface area contributed by atoms with Crippen LogP contribution in [0.1, 0.15) is 29.3 Å². The fourth-order valence-corrected chi connectivity index (χ4v) is 1.44. The summed E-state index contributed by atoms with van der Waals surface area (Å²) in [5, 5.41) is 0. The van der Waals surface area contributed by atoms with Crippen LogP contribution in [0.3, 0.4) is 0 Å². The van der Waals surface area contributed by atoms with E-state index < -0.39 is 23.7 Å². The summed E-state index contributed by atoms with van der Waals surface area (Å²) < 4.78 is 34.7. The lowest BCUT2D eigenvalue weighted by atomic mass is 10.1. The number of methoxy groups -OCH3 is 1. The van der Waals surface area contributed by atoms with Crippen molar-refractivity contribution in [1.29, 1.82) is 0 Å². The van der Waals surface area contributed by atoms with Crippen molar-refractivity contribution in [3.8, 4) is 5.75 Å². The Morgan fingerprint density at radius 3 is 2.50 bits per heavy atom. The molecule has 0 spiro atoms. The molecule has 0 saturated heterocycles. The topological polar surface area (TPSA) is 52.6 Å². The van der Waals surface area contributed by atoms with E-state index in [-0.39, 0.29) is 17.9 Å². The second-order valence-electron chi connectivity index (χ2n) is 3.28. The molecule has 0 amide bonds. The zero-order chi connectivity index (χ0) is 13.7. The van der Waals surface area contributed by atoms with Crippen LogP contribution in [-0.2, 0) is 9.53 Å². The predicted octanol–water partition coefficient (Wildman–Crippen LogP) is 2.38. The molecule has 98 valence electrons. The Kier molecular flexibility index (Phi) is 4.76. The van der Waals surface area contributed by atoms with Gasteiger partial charge in [-0.25, -0.2) is 13.6 Å². The number of Topliss-reactive ketones (excluding diaryl/α,β-unsaturated/α-hetero) is 1. The van der Waals surface area contributed by atoms with E-state index in [2.05, 4.69) is 4.74 Å². The molecule has 0 saturated carbocycles. The molecule has 4 nitrogen and oxygen atoms in total. The Hall–Kier alpha value is -1.98. The van der Waals surface area contributed by atoms with Crippen LogP contribution in [0.4, 0.5) is 8.78 Å². The normalized spacial score (nSPS) is 10.3. The van der Waals surface area contributed by atoms with Crippen LogP contribution >= 0.6 is 0 Å². The number of rotatable bonds is 5. The molecule has 0 aromatic heterocycles. The molecular formula is C12H12F2O4. The van der Waals surface area contributed by atoms with Gasteiger partial charge in [0.15, 0.2) is 0 Å². The number of ketones is 1. The minimum Gasteiger partial charge on any atom is -0.495 e. The summed E-state index contributed by atoms with van der Waals surface area (Å²) in [7, 11) is 1.16. The van der Waals surface area contributed by atoms with Crippen molar-refractivity contribution in [2.45, 2.75) is 13.3 Å². The van der Waals surface area contributed by atoms with Gasteiger partial charge in [0.05, 0.1) is 24.8 Å². The standard InChI is InChI=1S/C12H12F2O4/c1-3-18-12(16)9(15)7-5-4-6-8(11(13)14)10(7)17-2/h4-6,11H,3H2,1-2H3. The number of hydrogen-bond donors (Lipinski definition) is 0. The number of hydrogen-bond acceptors (Lipinski definition) is 4. The smallest absolute Gasteiger partial charge is 0.379 e. The first-order chi connectivity index (χ1) is 8.52. The number of alkyl halides is 2. The third kappa shape index (κ3) is 2.82. The third-order valence-electron chi connectivity index (χ3n) is 2.19. The zero-order valence-corrected chi connectivity index (χ0v) is 9.91. The molecule has 0 aliphatic heterocycles. The molecule has 6 heteroatoms. The van der Waals surface area contributed by atoms with Crippen LogP contribution in [0.2, 0.25) is 0 Å². The summed E-state index contributed by atoms with van der Waals surface area (Å²) in [4.78, 5) is 23.0. The first-order valence-electron chi connectivity index (χ1n) is 5.19. The van der Waals surface area contributed by atoms with Crippen LogP contribution in [0.25, 0.3) is 0 Å². The summed E-state index contributed by atoms with van der Waals surface area (Å²) in [6.45, 7) is 1.57. The molecule has 0 atom stereocenters. The highest BCUT2D eigenvalue weighted by molar-refractivity contribution is 6.41. The summed E-state index contributed by atoms with van der Waals surface area (Å²) in [6, 6.07) is 3.63. The SMILES string of the molecule is CCOC(=O)C(=O)c1cccc(C(F)F)c1OC. The molecule has 0 radical (unpaired) electrons. The highest BCUT2D eigenvalue weighted by atomic mass is 19.3. The molecule has 0 bridgehead atoms. The molecule has 0 unspecified atom stereocenters. The Morgan fingerprint density at radius 1 is 1.33 bits per heavy atom. The number of carbonyl (C=O) groups excluding carboxylic acids is 2. The average Bonchev–Trinajstić information content (AvgIpc) is 2.36. The lowest BCUT2D eigenvalue weighted by Crippen LogP contribution is -2.18. The number of para-hydroxylation sites is 1. The van der Waals surface area contributed by atoms with Crippen molar-refractivity contribution < 1.29 is 27.8 Å². The van der Waals surface area contributed by atoms with Gasteiger partial charge in [-0.05, 0) is 19.1 Å². The molecule has 0 N–H and O–H groups in total. The van der Waals surface area contributed by atoms with Gasteiger partial charge < -0.3 is 9.47 Å². The van der Waals surface area contributed by atoms with E-state index in [0.717, 1.165) is 13.2 Å². The molecule has 0 fully saturated rings. The molecule has 1 rings (SSSR count). The van der Waals surface area contributed by atoms with Crippen molar-refractivity contribution in [2.75, 3.05) is 13.7 Å². The van der Waals surface area contributed by atoms with Gasteiger partial charge in [0.2, 0.25) is 0 Å². The van der Waals surface area contributed by atoms with E-state index in [1.165, 1.54) is 19.1 Å². The predicted molar refractivity (Wildman–Crippen MR) is 58.9 cm³/mol. The molecule has 18 heavy (non-hydrogen) atoms. The van der Waals surface area contributed by atoms with E-state index >= 15 is 0 Å². The number of benzene rings is 1. The van der Waals surface area contributed by atoms with E-state index in [0.29, 0.717) is 0 Å². The second-order valence-corrected chi connectivity index (χ2v) is 3.28. The van der Waals surface area contributed by atoms with E-state index in [9.17, 15) is 18.4 Å². The van der Waals surface area contributed by atoms with Gasteiger partial charge in [-0.1, -0.05) is 6.07 Å². The molecule has 0 aliphatic carbocycles. The molecular weight excluding hydrogens is 246 g/mol. The molecule has 1 aromatic rings. The van der Waals surface area contributed by atoms with Gasteiger partial charge >= 0.3 is 5.97 Å². The maximum atomic E-state index is 12.7. The third-order valence-corrected chi connectivity index (χ3v) is 2.19. The van der Waals surface area contributed by atoms with Crippen molar-refractivity contribution in [1.82, 2.24) is 0 Å². The Morgan fingerprint density at radius 2 is 2.00 bits per heavy atom. The van der Waals surface area contributed by atoms with Crippen molar-refractivity contribution in [3.05, 3.63) is 29.3 Å². The number of ether oxygens (including phenoxy) is 2. The monoisotopic (exact) mass is 258 g/mol. The average molecular weight is 258 g/mol. The van der Waals surface area contributed by atoms with Crippen LogP contribution in [-0.4, -0.2) is 25.5 Å². The maximum Gasteiger partial charge on any atom is 0.379 e. The first kappa shape index (κ1) is 14.1. The summed E-state index contributed by atoms with van der Waals surface area (Å²) >= 11 is 0. The van der Waals surface area contributed by atoms with Gasteiger partial charge in [-0.2, -0.15) is 0 Å². The number of carbonyl (C=O) groups is 2. The maximum absolute atomic E-state index is 12.7. The highest BCUT2D eigenvalue weighted by Crippen LogP contribution is 2.32. The Labute approximate surface area is 103 Å². The molecule has 0 heterocycles. The van der Waals surface area contributed by atoms with Crippen LogP contribution in [0.5, 0.6) is 5.75 Å². The van der Waals surface area contributed by atoms with Crippen LogP contribution in [0, 0.1) is 0 Å². The lowest BCUT2D eigenvalue weighted by Gasteiger charge is -2.11. The minimum atomic E-state index is -2.80. The van der Waals surface area contributed by atoms with Crippen molar-refractivity contribution in [3.63, 3.8) is 0 Å². The Bertz CT molecular complexity index is 457. The zero-order valence-electron chi connectivity index (χ0n) is 9.91. The lowest BCUT2D eigenvalue weighted by molar-refractivity contribution is -0.137. The fourth-order valence-electron chi connectivity index (χ4n) is 1.44. The van der Waals surface area contributed by atoms with Crippen molar-refractivity contribution in [2.24, 2.45) is 0 Å².